The summed E-state index contributed by atoms with van der Waals surface area (Å²) < 4.78 is 0. The van der Waals surface area contributed by atoms with Gasteiger partial charge in [0, 0.05) is 36.6 Å². The van der Waals surface area contributed by atoms with Gasteiger partial charge in [-0.2, -0.15) is 0 Å². The van der Waals surface area contributed by atoms with Crippen molar-refractivity contribution in [3.8, 4) is 0 Å². The molecule has 0 spiro atoms. The van der Waals surface area contributed by atoms with E-state index < -0.39 is 0 Å². The van der Waals surface area contributed by atoms with E-state index in [4.69, 9.17) is 0 Å². The number of fused-ring (bicyclic) bond motifs is 1. The van der Waals surface area contributed by atoms with E-state index in [9.17, 15) is 14.4 Å². The van der Waals surface area contributed by atoms with Crippen LogP contribution in [0.15, 0.2) is 23.1 Å². The molecule has 3 amide bonds. The third-order valence-electron chi connectivity index (χ3n) is 5.54. The van der Waals surface area contributed by atoms with E-state index in [1.807, 2.05) is 21.9 Å². The van der Waals surface area contributed by atoms with E-state index in [0.29, 0.717) is 17.0 Å². The fourth-order valence-corrected chi connectivity index (χ4v) is 4.91. The quantitative estimate of drug-likeness (QED) is 0.799. The molecule has 0 radical (unpaired) electrons. The highest BCUT2D eigenvalue weighted by Gasteiger charge is 2.30. The first-order valence-electron chi connectivity index (χ1n) is 9.78. The Morgan fingerprint density at radius 3 is 2.33 bits per heavy atom. The smallest absolute Gasteiger partial charge is 0.253 e. The minimum atomic E-state index is -0.0670. The zero-order valence-corrected chi connectivity index (χ0v) is 16.3. The summed E-state index contributed by atoms with van der Waals surface area (Å²) in [7, 11) is 0. The Kier molecular flexibility index (Phi) is 5.38. The standard InChI is InChI=1S/C20H25N3O3S/c24-18(21-8-4-5-9-21)13-23-16-12-15(6-7-17(16)27-14-19(23)25)20(26)22-10-2-1-3-11-22/h6-7,12H,1-5,8-11,13-14H2. The van der Waals surface area contributed by atoms with Gasteiger partial charge < -0.3 is 14.7 Å². The maximum Gasteiger partial charge on any atom is 0.253 e. The Balaban J connectivity index is 1.57. The third kappa shape index (κ3) is 3.83. The Hall–Kier alpha value is -2.02. The summed E-state index contributed by atoms with van der Waals surface area (Å²) in [6.45, 7) is 3.20. The predicted molar refractivity (Wildman–Crippen MR) is 105 cm³/mol. The van der Waals surface area contributed by atoms with Gasteiger partial charge in [-0.3, -0.25) is 14.4 Å². The number of benzene rings is 1. The van der Waals surface area contributed by atoms with Gasteiger partial charge in [0.05, 0.1) is 11.4 Å². The molecule has 144 valence electrons. The van der Waals surface area contributed by atoms with E-state index in [0.717, 1.165) is 56.8 Å². The van der Waals surface area contributed by atoms with Crippen LogP contribution in [-0.2, 0) is 9.59 Å². The van der Waals surface area contributed by atoms with Crippen molar-refractivity contribution in [1.29, 1.82) is 0 Å². The highest BCUT2D eigenvalue weighted by molar-refractivity contribution is 8.00. The van der Waals surface area contributed by atoms with Crippen LogP contribution in [0.4, 0.5) is 5.69 Å². The summed E-state index contributed by atoms with van der Waals surface area (Å²) in [5.41, 5.74) is 1.30. The van der Waals surface area contributed by atoms with Gasteiger partial charge in [-0.1, -0.05) is 0 Å². The van der Waals surface area contributed by atoms with Crippen LogP contribution in [0.2, 0.25) is 0 Å². The average molecular weight is 388 g/mol. The highest BCUT2D eigenvalue weighted by Crippen LogP contribution is 2.36. The van der Waals surface area contributed by atoms with Crippen LogP contribution in [0, 0.1) is 0 Å². The van der Waals surface area contributed by atoms with Crippen LogP contribution < -0.4 is 4.90 Å². The van der Waals surface area contributed by atoms with Crippen molar-refractivity contribution < 1.29 is 14.4 Å². The number of anilines is 1. The maximum atomic E-state index is 12.8. The lowest BCUT2D eigenvalue weighted by Crippen LogP contribution is -2.44. The van der Waals surface area contributed by atoms with Crippen LogP contribution in [0.1, 0.15) is 42.5 Å². The van der Waals surface area contributed by atoms with Crippen LogP contribution in [0.25, 0.3) is 0 Å². The van der Waals surface area contributed by atoms with Crippen molar-refractivity contribution >= 4 is 35.2 Å². The van der Waals surface area contributed by atoms with Gasteiger partial charge in [-0.25, -0.2) is 0 Å². The number of hydrogen-bond acceptors (Lipinski definition) is 4. The normalized spacial score (nSPS) is 20.0. The number of amides is 3. The van der Waals surface area contributed by atoms with Crippen LogP contribution in [0.3, 0.4) is 0 Å². The summed E-state index contributed by atoms with van der Waals surface area (Å²) >= 11 is 1.47. The molecule has 0 saturated carbocycles. The van der Waals surface area contributed by atoms with Crippen LogP contribution in [0.5, 0.6) is 0 Å². The number of rotatable bonds is 3. The molecular weight excluding hydrogens is 362 g/mol. The van der Waals surface area contributed by atoms with Gasteiger partial charge in [0.15, 0.2) is 0 Å². The summed E-state index contributed by atoms with van der Waals surface area (Å²) in [4.78, 5) is 44.2. The molecule has 1 aromatic rings. The van der Waals surface area contributed by atoms with Crippen LogP contribution in [-0.4, -0.2) is 66.0 Å². The second kappa shape index (κ2) is 7.92. The Morgan fingerprint density at radius 1 is 0.926 bits per heavy atom. The molecule has 6 nitrogen and oxygen atoms in total. The van der Waals surface area contributed by atoms with Crippen molar-refractivity contribution in [2.45, 2.75) is 37.0 Å². The Morgan fingerprint density at radius 2 is 1.59 bits per heavy atom. The lowest BCUT2D eigenvalue weighted by Gasteiger charge is -2.31. The number of likely N-dealkylation sites (tertiary alicyclic amines) is 2. The van der Waals surface area contributed by atoms with Gasteiger partial charge in [0.2, 0.25) is 11.8 Å². The number of thioether (sulfide) groups is 1. The number of carbonyl (C=O) groups is 3. The van der Waals surface area contributed by atoms with E-state index in [1.54, 1.807) is 11.0 Å². The molecule has 0 atom stereocenters. The predicted octanol–water partition coefficient (Wildman–Crippen LogP) is 2.37. The van der Waals surface area contributed by atoms with Gasteiger partial charge in [-0.15, -0.1) is 11.8 Å². The van der Waals surface area contributed by atoms with Crippen molar-refractivity contribution in [2.75, 3.05) is 43.4 Å². The average Bonchev–Trinajstić information content (AvgIpc) is 3.25. The molecule has 3 aliphatic heterocycles. The monoisotopic (exact) mass is 387 g/mol. The minimum Gasteiger partial charge on any atom is -0.341 e. The summed E-state index contributed by atoms with van der Waals surface area (Å²) in [5.74, 6) is 0.278. The van der Waals surface area contributed by atoms with Crippen molar-refractivity contribution in [2.24, 2.45) is 0 Å². The number of nitrogens with zero attached hydrogens (tertiary/aromatic N) is 3. The Bertz CT molecular complexity index is 755. The third-order valence-corrected chi connectivity index (χ3v) is 6.59. The van der Waals surface area contributed by atoms with E-state index >= 15 is 0 Å². The first kappa shape index (κ1) is 18.3. The molecule has 0 aliphatic carbocycles. The molecule has 0 bridgehead atoms. The van der Waals surface area contributed by atoms with Crippen LogP contribution >= 0.6 is 11.8 Å². The Labute approximate surface area is 163 Å². The van der Waals surface area contributed by atoms with Gasteiger partial charge in [0.1, 0.15) is 6.54 Å². The molecule has 4 rings (SSSR count). The molecule has 3 aliphatic rings. The number of hydrogen-bond donors (Lipinski definition) is 0. The summed E-state index contributed by atoms with van der Waals surface area (Å²) in [6, 6.07) is 5.56. The number of piperidine rings is 1. The number of carbonyl (C=O) groups excluding carboxylic acids is 3. The van der Waals surface area contributed by atoms with E-state index in [1.165, 1.54) is 18.2 Å². The van der Waals surface area contributed by atoms with Crippen molar-refractivity contribution in [3.05, 3.63) is 23.8 Å². The molecule has 0 N–H and O–H groups in total. The van der Waals surface area contributed by atoms with E-state index in [2.05, 4.69) is 0 Å². The lowest BCUT2D eigenvalue weighted by atomic mass is 10.1. The fraction of sp³-hybridized carbons (Fsp3) is 0.550. The fourth-order valence-electron chi connectivity index (χ4n) is 3.99. The molecule has 3 heterocycles. The van der Waals surface area contributed by atoms with Crippen molar-refractivity contribution in [1.82, 2.24) is 9.80 Å². The summed E-state index contributed by atoms with van der Waals surface area (Å²) in [5, 5.41) is 0. The van der Waals surface area contributed by atoms with E-state index in [-0.39, 0.29) is 24.3 Å². The summed E-state index contributed by atoms with van der Waals surface area (Å²) in [6.07, 6.45) is 5.32. The molecule has 2 saturated heterocycles. The topological polar surface area (TPSA) is 60.9 Å². The molecule has 27 heavy (non-hydrogen) atoms. The maximum absolute atomic E-state index is 12.8. The van der Waals surface area contributed by atoms with Crippen molar-refractivity contribution in [3.63, 3.8) is 0 Å². The molecule has 0 unspecified atom stereocenters. The lowest BCUT2D eigenvalue weighted by molar-refractivity contribution is -0.130. The second-order valence-electron chi connectivity index (χ2n) is 7.39. The molecule has 1 aromatic carbocycles. The zero-order valence-electron chi connectivity index (χ0n) is 15.5. The van der Waals surface area contributed by atoms with Gasteiger partial charge in [-0.05, 0) is 50.3 Å². The molecule has 7 heteroatoms. The molecule has 0 aromatic heterocycles. The zero-order chi connectivity index (χ0) is 18.8. The molecule has 2 fully saturated rings. The SMILES string of the molecule is O=C(CN1C(=O)CSc2ccc(C(=O)N3CCCCC3)cc21)N1CCCC1. The second-order valence-corrected chi connectivity index (χ2v) is 8.41. The van der Waals surface area contributed by atoms with Gasteiger partial charge >= 0.3 is 0 Å². The van der Waals surface area contributed by atoms with Gasteiger partial charge in [0.25, 0.3) is 5.91 Å². The molecular formula is C20H25N3O3S. The highest BCUT2D eigenvalue weighted by atomic mass is 32.2. The minimum absolute atomic E-state index is 0.00791. The first-order chi connectivity index (χ1) is 13.1. The first-order valence-corrected chi connectivity index (χ1v) is 10.8. The largest absolute Gasteiger partial charge is 0.341 e.